The molecule has 1 unspecified atom stereocenters. The van der Waals surface area contributed by atoms with Gasteiger partial charge >= 0.3 is 0 Å². The van der Waals surface area contributed by atoms with Gasteiger partial charge in [-0.05, 0) is 57.2 Å². The number of halogens is 1. The minimum atomic E-state index is 0. The Labute approximate surface area is 217 Å². The van der Waals surface area contributed by atoms with Gasteiger partial charge in [-0.25, -0.2) is 0 Å². The van der Waals surface area contributed by atoms with E-state index in [-0.39, 0.29) is 30.0 Å². The van der Waals surface area contributed by atoms with Crippen molar-refractivity contribution in [2.24, 2.45) is 10.9 Å². The van der Waals surface area contributed by atoms with Crippen LogP contribution in [0.15, 0.2) is 29.3 Å². The van der Waals surface area contributed by atoms with Crippen LogP contribution in [0.2, 0.25) is 0 Å². The summed E-state index contributed by atoms with van der Waals surface area (Å²) < 4.78 is 17.0. The lowest BCUT2D eigenvalue weighted by molar-refractivity contribution is 0.0203. The van der Waals surface area contributed by atoms with Crippen molar-refractivity contribution in [1.82, 2.24) is 15.5 Å². The Morgan fingerprint density at radius 1 is 1.15 bits per heavy atom. The zero-order chi connectivity index (χ0) is 22.4. The number of hydrogen-bond donors (Lipinski definition) is 2. The molecule has 2 N–H and O–H groups in total. The molecule has 2 aliphatic heterocycles. The van der Waals surface area contributed by atoms with Crippen LogP contribution in [0.3, 0.4) is 0 Å². The van der Waals surface area contributed by atoms with E-state index in [2.05, 4.69) is 38.7 Å². The van der Waals surface area contributed by atoms with E-state index >= 15 is 0 Å². The molecule has 1 aromatic rings. The Kier molecular flexibility index (Phi) is 14.1. The molecular weight excluding hydrogens is 531 g/mol. The molecule has 188 valence electrons. The highest BCUT2D eigenvalue weighted by Crippen LogP contribution is 2.30. The largest absolute Gasteiger partial charge is 0.496 e. The maximum absolute atomic E-state index is 5.87. The van der Waals surface area contributed by atoms with Crippen LogP contribution in [0.4, 0.5) is 0 Å². The molecule has 2 aliphatic rings. The number of ether oxygens (including phenoxy) is 3. The molecule has 2 fully saturated rings. The molecular formula is C25H43IN4O3. The topological polar surface area (TPSA) is 67.4 Å². The van der Waals surface area contributed by atoms with Crippen LogP contribution in [0.1, 0.15) is 50.1 Å². The summed E-state index contributed by atoms with van der Waals surface area (Å²) >= 11 is 0. The summed E-state index contributed by atoms with van der Waals surface area (Å²) in [5.74, 6) is 2.45. The third kappa shape index (κ3) is 9.58. The summed E-state index contributed by atoms with van der Waals surface area (Å²) in [6.07, 6.45) is 7.05. The van der Waals surface area contributed by atoms with E-state index in [9.17, 15) is 0 Å². The zero-order valence-electron chi connectivity index (χ0n) is 20.4. The summed E-state index contributed by atoms with van der Waals surface area (Å²) in [7, 11) is 3.58. The maximum Gasteiger partial charge on any atom is 0.191 e. The van der Waals surface area contributed by atoms with E-state index in [1.807, 2.05) is 13.1 Å². The molecule has 33 heavy (non-hydrogen) atoms. The van der Waals surface area contributed by atoms with E-state index in [0.717, 1.165) is 83.6 Å². The quantitative estimate of drug-likeness (QED) is 0.181. The molecule has 7 nitrogen and oxygen atoms in total. The number of methoxy groups -OCH3 is 1. The average molecular weight is 575 g/mol. The van der Waals surface area contributed by atoms with Gasteiger partial charge in [0.15, 0.2) is 5.96 Å². The number of benzene rings is 1. The maximum atomic E-state index is 5.87. The van der Waals surface area contributed by atoms with Crippen LogP contribution < -0.4 is 15.4 Å². The minimum Gasteiger partial charge on any atom is -0.496 e. The number of rotatable bonds is 11. The fourth-order valence-electron chi connectivity index (χ4n) is 4.57. The van der Waals surface area contributed by atoms with Gasteiger partial charge in [-0.2, -0.15) is 0 Å². The van der Waals surface area contributed by atoms with Crippen LogP contribution in [-0.4, -0.2) is 77.6 Å². The van der Waals surface area contributed by atoms with Gasteiger partial charge in [0, 0.05) is 52.1 Å². The van der Waals surface area contributed by atoms with Crippen molar-refractivity contribution in [2.75, 3.05) is 66.8 Å². The predicted octanol–water partition coefficient (Wildman–Crippen LogP) is 3.84. The van der Waals surface area contributed by atoms with Crippen LogP contribution in [0, 0.1) is 5.92 Å². The van der Waals surface area contributed by atoms with E-state index < -0.39 is 0 Å². The molecule has 0 radical (unpaired) electrons. The van der Waals surface area contributed by atoms with Gasteiger partial charge in [0.1, 0.15) is 5.75 Å². The SMILES string of the molecule is CN=C(NCCCOCC1CCOCC1)NCC(c1ccccc1OC)N1CCCCC1.I. The van der Waals surface area contributed by atoms with Crippen LogP contribution in [-0.2, 0) is 9.47 Å². The fraction of sp³-hybridized carbons (Fsp3) is 0.720. The summed E-state index contributed by atoms with van der Waals surface area (Å²) in [6, 6.07) is 8.63. The van der Waals surface area contributed by atoms with Gasteiger partial charge in [-0.3, -0.25) is 9.89 Å². The number of piperidine rings is 1. The van der Waals surface area contributed by atoms with Crippen LogP contribution in [0.25, 0.3) is 0 Å². The molecule has 8 heteroatoms. The van der Waals surface area contributed by atoms with Crippen molar-refractivity contribution in [3.63, 3.8) is 0 Å². The lowest BCUT2D eigenvalue weighted by atomic mass is 10.0. The zero-order valence-corrected chi connectivity index (χ0v) is 22.7. The van der Waals surface area contributed by atoms with Gasteiger partial charge in [-0.1, -0.05) is 24.6 Å². The van der Waals surface area contributed by atoms with Crippen molar-refractivity contribution in [3.8, 4) is 5.75 Å². The summed E-state index contributed by atoms with van der Waals surface area (Å²) in [6.45, 7) is 7.28. The van der Waals surface area contributed by atoms with Gasteiger partial charge in [0.25, 0.3) is 0 Å². The molecule has 0 amide bonds. The molecule has 1 aromatic carbocycles. The molecule has 0 spiro atoms. The monoisotopic (exact) mass is 574 g/mol. The molecule has 0 aromatic heterocycles. The van der Waals surface area contributed by atoms with Crippen molar-refractivity contribution < 1.29 is 14.2 Å². The molecule has 3 rings (SSSR count). The summed E-state index contributed by atoms with van der Waals surface area (Å²) in [5.41, 5.74) is 1.24. The molecule has 2 heterocycles. The molecule has 0 bridgehead atoms. The Balaban J connectivity index is 0.00000385. The van der Waals surface area contributed by atoms with E-state index in [4.69, 9.17) is 14.2 Å². The fourth-order valence-corrected chi connectivity index (χ4v) is 4.57. The first-order valence-electron chi connectivity index (χ1n) is 12.3. The van der Waals surface area contributed by atoms with Crippen LogP contribution >= 0.6 is 24.0 Å². The van der Waals surface area contributed by atoms with Crippen molar-refractivity contribution in [1.29, 1.82) is 0 Å². The highest BCUT2D eigenvalue weighted by atomic mass is 127. The minimum absolute atomic E-state index is 0. The number of aliphatic imine (C=N–C) groups is 1. The van der Waals surface area contributed by atoms with E-state index in [1.165, 1.54) is 24.8 Å². The normalized spacial score (nSPS) is 18.9. The van der Waals surface area contributed by atoms with E-state index in [1.54, 1.807) is 7.11 Å². The predicted molar refractivity (Wildman–Crippen MR) is 145 cm³/mol. The summed E-state index contributed by atoms with van der Waals surface area (Å²) in [5, 5.41) is 6.98. The Morgan fingerprint density at radius 2 is 1.91 bits per heavy atom. The summed E-state index contributed by atoms with van der Waals surface area (Å²) in [4.78, 5) is 7.00. The molecule has 0 saturated carbocycles. The third-order valence-corrected chi connectivity index (χ3v) is 6.47. The van der Waals surface area contributed by atoms with Crippen molar-refractivity contribution >= 4 is 29.9 Å². The second-order valence-corrected chi connectivity index (χ2v) is 8.72. The van der Waals surface area contributed by atoms with Crippen molar-refractivity contribution in [2.45, 2.75) is 44.6 Å². The third-order valence-electron chi connectivity index (χ3n) is 6.47. The van der Waals surface area contributed by atoms with Gasteiger partial charge in [-0.15, -0.1) is 24.0 Å². The smallest absolute Gasteiger partial charge is 0.191 e. The Bertz CT molecular complexity index is 679. The highest BCUT2D eigenvalue weighted by Gasteiger charge is 2.25. The van der Waals surface area contributed by atoms with Gasteiger partial charge < -0.3 is 24.8 Å². The standard InChI is InChI=1S/C25H42N4O3.HI/c1-26-25(27-13-8-16-32-20-21-11-17-31-18-12-21)28-19-23(29-14-6-3-7-15-29)22-9-4-5-10-24(22)30-2;/h4-5,9-10,21,23H,3,6-8,11-20H2,1-2H3,(H2,26,27,28);1H. The number of guanidine groups is 1. The first-order valence-corrected chi connectivity index (χ1v) is 12.3. The van der Waals surface area contributed by atoms with Crippen molar-refractivity contribution in [3.05, 3.63) is 29.8 Å². The second-order valence-electron chi connectivity index (χ2n) is 8.72. The molecule has 0 aliphatic carbocycles. The number of likely N-dealkylation sites (tertiary alicyclic amines) is 1. The highest BCUT2D eigenvalue weighted by molar-refractivity contribution is 14.0. The number of para-hydroxylation sites is 1. The first-order chi connectivity index (χ1) is 15.8. The first kappa shape index (κ1) is 28.1. The molecule has 1 atom stereocenters. The Hall–Kier alpha value is -1.10. The lowest BCUT2D eigenvalue weighted by Gasteiger charge is -2.35. The number of nitrogens with one attached hydrogen (secondary N) is 2. The average Bonchev–Trinajstić information content (AvgIpc) is 2.86. The molecule has 2 saturated heterocycles. The number of nitrogens with zero attached hydrogens (tertiary/aromatic N) is 2. The van der Waals surface area contributed by atoms with Gasteiger partial charge in [0.2, 0.25) is 0 Å². The second kappa shape index (κ2) is 16.5. The van der Waals surface area contributed by atoms with Crippen LogP contribution in [0.5, 0.6) is 5.75 Å². The van der Waals surface area contributed by atoms with E-state index in [0.29, 0.717) is 5.92 Å². The number of hydrogen-bond acceptors (Lipinski definition) is 5. The lowest BCUT2D eigenvalue weighted by Crippen LogP contribution is -2.44. The Morgan fingerprint density at radius 3 is 2.64 bits per heavy atom. The van der Waals surface area contributed by atoms with Gasteiger partial charge in [0.05, 0.1) is 13.2 Å².